The van der Waals surface area contributed by atoms with Crippen molar-refractivity contribution in [1.29, 1.82) is 0 Å². The molecule has 0 radical (unpaired) electrons. The Morgan fingerprint density at radius 2 is 2.05 bits per heavy atom. The molecule has 0 fully saturated rings. The van der Waals surface area contributed by atoms with E-state index in [1.54, 1.807) is 0 Å². The van der Waals surface area contributed by atoms with Crippen molar-refractivity contribution in [3.8, 4) is 5.75 Å². The highest BCUT2D eigenvalue weighted by Gasteiger charge is 2.09. The second-order valence-electron chi connectivity index (χ2n) is 5.16. The SMILES string of the molecule is CCOc1cccc2c1ccn2Cc1cc(C)nn1CC. The summed E-state index contributed by atoms with van der Waals surface area (Å²) in [6, 6.07) is 10.5. The largest absolute Gasteiger partial charge is 0.493 e. The second-order valence-corrected chi connectivity index (χ2v) is 5.16. The number of hydrogen-bond donors (Lipinski definition) is 0. The topological polar surface area (TPSA) is 32.0 Å². The molecule has 0 N–H and O–H groups in total. The molecule has 0 bridgehead atoms. The highest BCUT2D eigenvalue weighted by Crippen LogP contribution is 2.27. The monoisotopic (exact) mass is 283 g/mol. The standard InChI is InChI=1S/C17H21N3O/c1-4-20-14(11-13(3)18-20)12-19-10-9-15-16(19)7-6-8-17(15)21-5-2/h6-11H,4-5,12H2,1-3H3. The molecule has 0 aliphatic rings. The van der Waals surface area contributed by atoms with Gasteiger partial charge in [0.25, 0.3) is 0 Å². The van der Waals surface area contributed by atoms with Crippen LogP contribution in [0.15, 0.2) is 36.5 Å². The maximum Gasteiger partial charge on any atom is 0.128 e. The lowest BCUT2D eigenvalue weighted by Gasteiger charge is -2.09. The molecule has 110 valence electrons. The summed E-state index contributed by atoms with van der Waals surface area (Å²) in [7, 11) is 0. The highest BCUT2D eigenvalue weighted by atomic mass is 16.5. The molecular formula is C17H21N3O. The van der Waals surface area contributed by atoms with Gasteiger partial charge in [-0.25, -0.2) is 0 Å². The molecule has 3 rings (SSSR count). The van der Waals surface area contributed by atoms with Crippen LogP contribution in [0, 0.1) is 6.92 Å². The van der Waals surface area contributed by atoms with Gasteiger partial charge in [0.15, 0.2) is 0 Å². The van der Waals surface area contributed by atoms with Gasteiger partial charge in [-0.2, -0.15) is 5.10 Å². The number of hydrogen-bond acceptors (Lipinski definition) is 2. The number of aryl methyl sites for hydroxylation is 2. The molecular weight excluding hydrogens is 262 g/mol. The zero-order valence-electron chi connectivity index (χ0n) is 12.8. The molecule has 0 aliphatic heterocycles. The fraction of sp³-hybridized carbons (Fsp3) is 0.353. The minimum Gasteiger partial charge on any atom is -0.493 e. The summed E-state index contributed by atoms with van der Waals surface area (Å²) in [4.78, 5) is 0. The summed E-state index contributed by atoms with van der Waals surface area (Å²) in [5.74, 6) is 0.953. The van der Waals surface area contributed by atoms with E-state index in [-0.39, 0.29) is 0 Å². The lowest BCUT2D eigenvalue weighted by atomic mass is 10.2. The molecule has 1 aromatic carbocycles. The summed E-state index contributed by atoms with van der Waals surface area (Å²) in [5, 5.41) is 5.68. The van der Waals surface area contributed by atoms with Crippen LogP contribution in [0.1, 0.15) is 25.2 Å². The van der Waals surface area contributed by atoms with E-state index in [2.05, 4.69) is 45.7 Å². The Hall–Kier alpha value is -2.23. The van der Waals surface area contributed by atoms with Crippen LogP contribution in [0.4, 0.5) is 0 Å². The maximum atomic E-state index is 5.70. The third-order valence-electron chi connectivity index (χ3n) is 3.69. The Morgan fingerprint density at radius 1 is 1.19 bits per heavy atom. The quantitative estimate of drug-likeness (QED) is 0.716. The van der Waals surface area contributed by atoms with Gasteiger partial charge in [0.05, 0.1) is 30.1 Å². The molecule has 4 heteroatoms. The highest BCUT2D eigenvalue weighted by molar-refractivity contribution is 5.86. The number of benzene rings is 1. The summed E-state index contributed by atoms with van der Waals surface area (Å²) >= 11 is 0. The molecule has 0 saturated carbocycles. The van der Waals surface area contributed by atoms with E-state index in [4.69, 9.17) is 4.74 Å². The number of ether oxygens (including phenoxy) is 1. The molecule has 3 aromatic rings. The number of fused-ring (bicyclic) bond motifs is 1. The van der Waals surface area contributed by atoms with Crippen LogP contribution in [-0.4, -0.2) is 21.0 Å². The van der Waals surface area contributed by atoms with Crippen molar-refractivity contribution < 1.29 is 4.74 Å². The van der Waals surface area contributed by atoms with Gasteiger partial charge in [-0.15, -0.1) is 0 Å². The first kappa shape index (κ1) is 13.7. The summed E-state index contributed by atoms with van der Waals surface area (Å²) in [6.07, 6.45) is 2.12. The molecule has 4 nitrogen and oxygen atoms in total. The predicted molar refractivity (Wildman–Crippen MR) is 84.8 cm³/mol. The van der Waals surface area contributed by atoms with Gasteiger partial charge in [-0.05, 0) is 45.0 Å². The Labute approximate surface area is 124 Å². The summed E-state index contributed by atoms with van der Waals surface area (Å²) in [6.45, 7) is 8.58. The first-order chi connectivity index (χ1) is 10.2. The first-order valence-corrected chi connectivity index (χ1v) is 7.47. The smallest absolute Gasteiger partial charge is 0.128 e. The molecule has 0 atom stereocenters. The van der Waals surface area contributed by atoms with Crippen LogP contribution in [-0.2, 0) is 13.1 Å². The van der Waals surface area contributed by atoms with E-state index in [0.717, 1.165) is 24.5 Å². The average Bonchev–Trinajstić information content (AvgIpc) is 3.04. The van der Waals surface area contributed by atoms with Crippen molar-refractivity contribution in [2.24, 2.45) is 0 Å². The Balaban J connectivity index is 1.99. The zero-order valence-corrected chi connectivity index (χ0v) is 12.8. The molecule has 21 heavy (non-hydrogen) atoms. The van der Waals surface area contributed by atoms with E-state index in [1.165, 1.54) is 16.6 Å². The van der Waals surface area contributed by atoms with Gasteiger partial charge in [-0.3, -0.25) is 4.68 Å². The molecule has 2 heterocycles. The third-order valence-corrected chi connectivity index (χ3v) is 3.69. The van der Waals surface area contributed by atoms with Crippen molar-refractivity contribution in [3.63, 3.8) is 0 Å². The second kappa shape index (κ2) is 5.64. The van der Waals surface area contributed by atoms with Gasteiger partial charge < -0.3 is 9.30 Å². The number of aromatic nitrogens is 3. The van der Waals surface area contributed by atoms with Crippen molar-refractivity contribution in [2.45, 2.75) is 33.9 Å². The van der Waals surface area contributed by atoms with Crippen molar-refractivity contribution in [2.75, 3.05) is 6.61 Å². The van der Waals surface area contributed by atoms with Crippen LogP contribution >= 0.6 is 0 Å². The van der Waals surface area contributed by atoms with Crippen LogP contribution in [0.2, 0.25) is 0 Å². The van der Waals surface area contributed by atoms with Gasteiger partial charge in [-0.1, -0.05) is 6.07 Å². The Morgan fingerprint density at radius 3 is 2.81 bits per heavy atom. The minimum atomic E-state index is 0.687. The van der Waals surface area contributed by atoms with E-state index >= 15 is 0 Å². The lowest BCUT2D eigenvalue weighted by molar-refractivity contribution is 0.344. The lowest BCUT2D eigenvalue weighted by Crippen LogP contribution is -2.07. The van der Waals surface area contributed by atoms with E-state index in [1.807, 2.05) is 26.0 Å². The Kier molecular flexibility index (Phi) is 3.69. The van der Waals surface area contributed by atoms with Crippen molar-refractivity contribution in [3.05, 3.63) is 47.9 Å². The van der Waals surface area contributed by atoms with Gasteiger partial charge in [0, 0.05) is 18.1 Å². The van der Waals surface area contributed by atoms with E-state index < -0.39 is 0 Å². The van der Waals surface area contributed by atoms with Crippen LogP contribution in [0.3, 0.4) is 0 Å². The van der Waals surface area contributed by atoms with Gasteiger partial charge >= 0.3 is 0 Å². The predicted octanol–water partition coefficient (Wildman–Crippen LogP) is 3.61. The van der Waals surface area contributed by atoms with Crippen molar-refractivity contribution >= 4 is 10.9 Å². The minimum absolute atomic E-state index is 0.687. The molecule has 0 aliphatic carbocycles. The average molecular weight is 283 g/mol. The normalized spacial score (nSPS) is 11.2. The third kappa shape index (κ3) is 2.53. The molecule has 0 spiro atoms. The van der Waals surface area contributed by atoms with E-state index in [0.29, 0.717) is 6.61 Å². The van der Waals surface area contributed by atoms with Crippen LogP contribution in [0.5, 0.6) is 5.75 Å². The molecule has 0 unspecified atom stereocenters. The van der Waals surface area contributed by atoms with Gasteiger partial charge in [0.1, 0.15) is 5.75 Å². The van der Waals surface area contributed by atoms with Crippen LogP contribution in [0.25, 0.3) is 10.9 Å². The first-order valence-electron chi connectivity index (χ1n) is 7.47. The molecule has 2 aromatic heterocycles. The summed E-state index contributed by atoms with van der Waals surface area (Å²) < 4.78 is 10.0. The fourth-order valence-corrected chi connectivity index (χ4v) is 2.79. The molecule has 0 amide bonds. The molecule has 0 saturated heterocycles. The van der Waals surface area contributed by atoms with Crippen LogP contribution < -0.4 is 4.74 Å². The number of rotatable bonds is 5. The maximum absolute atomic E-state index is 5.70. The Bertz CT molecular complexity index is 755. The van der Waals surface area contributed by atoms with Crippen molar-refractivity contribution in [1.82, 2.24) is 14.3 Å². The van der Waals surface area contributed by atoms with Gasteiger partial charge in [0.2, 0.25) is 0 Å². The zero-order chi connectivity index (χ0) is 14.8. The summed E-state index contributed by atoms with van der Waals surface area (Å²) in [5.41, 5.74) is 3.50. The van der Waals surface area contributed by atoms with E-state index in [9.17, 15) is 0 Å². The fourth-order valence-electron chi connectivity index (χ4n) is 2.79. The number of nitrogens with zero attached hydrogens (tertiary/aromatic N) is 3.